The highest BCUT2D eigenvalue weighted by atomic mass is 35.5. The fourth-order valence-electron chi connectivity index (χ4n) is 2.85. The zero-order valence-electron chi connectivity index (χ0n) is 18.3. The summed E-state index contributed by atoms with van der Waals surface area (Å²) in [5.41, 5.74) is 3.20. The normalized spacial score (nSPS) is 11.4. The number of nitro groups is 1. The molecule has 0 amide bonds. The molecule has 34 heavy (non-hydrogen) atoms. The van der Waals surface area contributed by atoms with Gasteiger partial charge in [0.1, 0.15) is 11.4 Å². The van der Waals surface area contributed by atoms with E-state index in [4.69, 9.17) is 16.3 Å². The van der Waals surface area contributed by atoms with Crippen LogP contribution in [0.1, 0.15) is 25.3 Å². The average molecular weight is 503 g/mol. The van der Waals surface area contributed by atoms with E-state index in [1.807, 2.05) is 12.1 Å². The quantitative estimate of drug-likeness (QED) is 0.150. The van der Waals surface area contributed by atoms with E-state index < -0.39 is 20.6 Å². The van der Waals surface area contributed by atoms with Crippen molar-refractivity contribution < 1.29 is 18.1 Å². The summed E-state index contributed by atoms with van der Waals surface area (Å²) in [5.74, 6) is 0.748. The second-order valence-corrected chi connectivity index (χ2v) is 9.31. The molecule has 3 aromatic rings. The molecule has 0 bridgehead atoms. The first-order chi connectivity index (χ1) is 16.3. The van der Waals surface area contributed by atoms with Gasteiger partial charge in [0.2, 0.25) is 0 Å². The van der Waals surface area contributed by atoms with E-state index in [1.165, 1.54) is 30.5 Å². The zero-order chi connectivity index (χ0) is 24.6. The maximum absolute atomic E-state index is 12.7. The van der Waals surface area contributed by atoms with E-state index in [0.717, 1.165) is 30.2 Å². The number of nitrogens with zero attached hydrogens (tertiary/aromatic N) is 2. The molecular formula is C23H23ClN4O5S. The van der Waals surface area contributed by atoms with Gasteiger partial charge in [0.15, 0.2) is 0 Å². The summed E-state index contributed by atoms with van der Waals surface area (Å²) in [6.07, 6.45) is 3.52. The SMILES string of the molecule is CCCCOc1ccc(/C=N\Nc2ccc(S(=O)(=O)Nc3cccc(Cl)c3)cc2[N+](=O)[O-])cc1. The van der Waals surface area contributed by atoms with Gasteiger partial charge in [0.25, 0.3) is 15.7 Å². The Labute approximate surface area is 202 Å². The highest BCUT2D eigenvalue weighted by Crippen LogP contribution is 2.29. The van der Waals surface area contributed by atoms with Crippen LogP contribution in [0.3, 0.4) is 0 Å². The van der Waals surface area contributed by atoms with Gasteiger partial charge in [0.05, 0.1) is 28.3 Å². The molecule has 0 heterocycles. The molecule has 0 aliphatic rings. The number of ether oxygens (including phenoxy) is 1. The Morgan fingerprint density at radius 3 is 2.56 bits per heavy atom. The number of rotatable bonds is 11. The minimum Gasteiger partial charge on any atom is -0.494 e. The summed E-state index contributed by atoms with van der Waals surface area (Å²) in [5, 5.41) is 15.9. The maximum atomic E-state index is 12.7. The van der Waals surface area contributed by atoms with Crippen LogP contribution in [0, 0.1) is 10.1 Å². The second-order valence-electron chi connectivity index (χ2n) is 7.19. The van der Waals surface area contributed by atoms with Gasteiger partial charge < -0.3 is 4.74 Å². The van der Waals surface area contributed by atoms with Crippen molar-refractivity contribution in [1.82, 2.24) is 0 Å². The number of nitrogens with one attached hydrogen (secondary N) is 2. The highest BCUT2D eigenvalue weighted by Gasteiger charge is 2.21. The van der Waals surface area contributed by atoms with Gasteiger partial charge in [-0.05, 0) is 66.6 Å². The van der Waals surface area contributed by atoms with Crippen LogP contribution in [0.4, 0.5) is 17.1 Å². The summed E-state index contributed by atoms with van der Waals surface area (Å²) in [4.78, 5) is 10.6. The lowest BCUT2D eigenvalue weighted by atomic mass is 10.2. The van der Waals surface area contributed by atoms with Crippen molar-refractivity contribution in [3.63, 3.8) is 0 Å². The minimum atomic E-state index is -4.07. The van der Waals surface area contributed by atoms with Crippen LogP contribution in [0.25, 0.3) is 0 Å². The van der Waals surface area contributed by atoms with E-state index in [0.29, 0.717) is 11.6 Å². The number of benzene rings is 3. The van der Waals surface area contributed by atoms with E-state index in [9.17, 15) is 18.5 Å². The Hall–Kier alpha value is -3.63. The molecule has 0 unspecified atom stereocenters. The molecule has 0 fully saturated rings. The summed E-state index contributed by atoms with van der Waals surface area (Å²) in [6.45, 7) is 2.74. The first-order valence-corrected chi connectivity index (χ1v) is 12.2. The summed E-state index contributed by atoms with van der Waals surface area (Å²) >= 11 is 5.88. The summed E-state index contributed by atoms with van der Waals surface area (Å²) in [7, 11) is -4.07. The van der Waals surface area contributed by atoms with Crippen LogP contribution in [-0.2, 0) is 10.0 Å². The van der Waals surface area contributed by atoms with E-state index in [2.05, 4.69) is 22.2 Å². The predicted octanol–water partition coefficient (Wildman–Crippen LogP) is 5.67. The number of nitro benzene ring substituents is 1. The molecule has 9 nitrogen and oxygen atoms in total. The second kappa shape index (κ2) is 11.5. The molecule has 0 aromatic heterocycles. The third-order valence-electron chi connectivity index (χ3n) is 4.60. The van der Waals surface area contributed by atoms with Crippen molar-refractivity contribution in [3.05, 3.63) is 87.4 Å². The molecule has 0 saturated carbocycles. The number of unbranched alkanes of at least 4 members (excludes halogenated alkanes) is 1. The van der Waals surface area contributed by atoms with E-state index >= 15 is 0 Å². The van der Waals surface area contributed by atoms with Crippen molar-refractivity contribution in [2.45, 2.75) is 24.7 Å². The van der Waals surface area contributed by atoms with E-state index in [1.54, 1.807) is 24.3 Å². The minimum absolute atomic E-state index is 0.0440. The predicted molar refractivity (Wildman–Crippen MR) is 133 cm³/mol. The van der Waals surface area contributed by atoms with Gasteiger partial charge in [-0.3, -0.25) is 20.3 Å². The Balaban J connectivity index is 1.72. The Bertz CT molecular complexity index is 1280. The number of hydrogen-bond acceptors (Lipinski definition) is 7. The fraction of sp³-hybridized carbons (Fsp3) is 0.174. The van der Waals surface area contributed by atoms with Crippen molar-refractivity contribution in [3.8, 4) is 5.75 Å². The van der Waals surface area contributed by atoms with Gasteiger partial charge in [-0.2, -0.15) is 5.10 Å². The highest BCUT2D eigenvalue weighted by molar-refractivity contribution is 7.92. The number of sulfonamides is 1. The number of halogens is 1. The summed E-state index contributed by atoms with van der Waals surface area (Å²) < 4.78 is 33.3. The van der Waals surface area contributed by atoms with Crippen LogP contribution in [-0.4, -0.2) is 26.2 Å². The Morgan fingerprint density at radius 2 is 1.88 bits per heavy atom. The monoisotopic (exact) mass is 502 g/mol. The van der Waals surface area contributed by atoms with Crippen LogP contribution in [0.5, 0.6) is 5.75 Å². The Kier molecular flexibility index (Phi) is 8.44. The number of hydrazone groups is 1. The molecule has 0 atom stereocenters. The lowest BCUT2D eigenvalue weighted by Crippen LogP contribution is -2.13. The average Bonchev–Trinajstić information content (AvgIpc) is 2.80. The third kappa shape index (κ3) is 6.93. The molecule has 0 aliphatic carbocycles. The molecular weight excluding hydrogens is 480 g/mol. The first-order valence-electron chi connectivity index (χ1n) is 10.4. The molecule has 0 saturated heterocycles. The Morgan fingerprint density at radius 1 is 1.12 bits per heavy atom. The smallest absolute Gasteiger partial charge is 0.295 e. The van der Waals surface area contributed by atoms with Crippen LogP contribution in [0.15, 0.2) is 76.7 Å². The van der Waals surface area contributed by atoms with Crippen LogP contribution in [0.2, 0.25) is 5.02 Å². The molecule has 3 aromatic carbocycles. The van der Waals surface area contributed by atoms with Gasteiger partial charge >= 0.3 is 0 Å². The summed E-state index contributed by atoms with van der Waals surface area (Å²) in [6, 6.07) is 16.9. The molecule has 3 rings (SSSR count). The molecule has 11 heteroatoms. The fourth-order valence-corrected chi connectivity index (χ4v) is 4.11. The van der Waals surface area contributed by atoms with Gasteiger partial charge in [-0.15, -0.1) is 0 Å². The van der Waals surface area contributed by atoms with Gasteiger partial charge in [0, 0.05) is 11.1 Å². The van der Waals surface area contributed by atoms with Crippen LogP contribution >= 0.6 is 11.6 Å². The number of hydrogen-bond donors (Lipinski definition) is 2. The van der Waals surface area contributed by atoms with E-state index in [-0.39, 0.29) is 16.3 Å². The standard InChI is InChI=1S/C23H23ClN4O5S/c1-2-3-13-33-20-9-7-17(8-10-20)16-25-26-22-12-11-21(15-23(22)28(29)30)34(31,32)27-19-6-4-5-18(24)14-19/h4-12,14-16,26-27H,2-3,13H2,1H3/b25-16-. The molecule has 0 radical (unpaired) electrons. The topological polar surface area (TPSA) is 123 Å². The van der Waals surface area contributed by atoms with Gasteiger partial charge in [-0.25, -0.2) is 8.42 Å². The third-order valence-corrected chi connectivity index (χ3v) is 6.21. The van der Waals surface area contributed by atoms with Crippen molar-refractivity contribution in [2.24, 2.45) is 5.10 Å². The lowest BCUT2D eigenvalue weighted by Gasteiger charge is -2.09. The van der Waals surface area contributed by atoms with Gasteiger partial charge in [-0.1, -0.05) is 31.0 Å². The zero-order valence-corrected chi connectivity index (χ0v) is 19.8. The maximum Gasteiger partial charge on any atom is 0.295 e. The van der Waals surface area contributed by atoms with Crippen molar-refractivity contribution in [1.29, 1.82) is 0 Å². The van der Waals surface area contributed by atoms with Crippen molar-refractivity contribution in [2.75, 3.05) is 16.8 Å². The van der Waals surface area contributed by atoms with Crippen LogP contribution < -0.4 is 14.9 Å². The molecule has 178 valence electrons. The molecule has 0 aliphatic heterocycles. The lowest BCUT2D eigenvalue weighted by molar-refractivity contribution is -0.384. The van der Waals surface area contributed by atoms with Crippen molar-refractivity contribution >= 4 is 44.9 Å². The molecule has 0 spiro atoms. The molecule has 2 N–H and O–H groups in total. The largest absolute Gasteiger partial charge is 0.494 e. The number of anilines is 2. The first kappa shape index (κ1) is 25.0.